The van der Waals surface area contributed by atoms with Gasteiger partial charge in [-0.25, -0.2) is 4.79 Å². The van der Waals surface area contributed by atoms with Crippen molar-refractivity contribution >= 4 is 17.6 Å². The van der Waals surface area contributed by atoms with E-state index in [-0.39, 0.29) is 24.9 Å². The van der Waals surface area contributed by atoms with Crippen LogP contribution in [0.25, 0.3) is 5.65 Å². The van der Waals surface area contributed by atoms with Crippen LogP contribution < -0.4 is 10.6 Å². The highest BCUT2D eigenvalue weighted by molar-refractivity contribution is 5.77. The number of hydrogen-bond donors (Lipinski definition) is 2. The number of alkyl carbamates (subject to hydrolysis) is 1. The Balaban J connectivity index is 1.86. The van der Waals surface area contributed by atoms with E-state index < -0.39 is 18.9 Å². The lowest BCUT2D eigenvalue weighted by Crippen LogP contribution is -2.34. The van der Waals surface area contributed by atoms with Crippen molar-refractivity contribution in [2.24, 2.45) is 0 Å². The number of carbonyl (C=O) groups excluding carboxylic acids is 2. The lowest BCUT2D eigenvalue weighted by Gasteiger charge is -2.17. The highest BCUT2D eigenvalue weighted by atomic mass is 19.4. The number of nitrogens with zero attached hydrogens (tertiary/aromatic N) is 3. The van der Waals surface area contributed by atoms with Gasteiger partial charge in [-0.3, -0.25) is 9.20 Å². The van der Waals surface area contributed by atoms with Gasteiger partial charge in [0.25, 0.3) is 0 Å². The first-order valence-electron chi connectivity index (χ1n) is 8.36. The summed E-state index contributed by atoms with van der Waals surface area (Å²) in [4.78, 5) is 23.3. The molecule has 2 rings (SSSR count). The number of alkyl halides is 3. The molecule has 0 radical (unpaired) electrons. The molecule has 0 aliphatic heterocycles. The van der Waals surface area contributed by atoms with Crippen molar-refractivity contribution in [2.75, 3.05) is 13.2 Å². The quantitative estimate of drug-likeness (QED) is 0.725. The van der Waals surface area contributed by atoms with Crippen LogP contribution in [0.3, 0.4) is 0 Å². The predicted molar refractivity (Wildman–Crippen MR) is 88.8 cm³/mol. The maximum atomic E-state index is 12.1. The van der Waals surface area contributed by atoms with Gasteiger partial charge in [-0.2, -0.15) is 13.2 Å². The highest BCUT2D eigenvalue weighted by Gasteiger charge is 2.29. The largest absolute Gasteiger partial charge is 0.440 e. The molecule has 0 bridgehead atoms. The number of pyridine rings is 1. The van der Waals surface area contributed by atoms with Crippen molar-refractivity contribution in [3.8, 4) is 0 Å². The number of ether oxygens (including phenoxy) is 1. The SMILES string of the molecule is CCC[C@@H](NC(=O)CCNC(=O)OCC(F)(F)F)c1nnc2ccccn12. The minimum atomic E-state index is -4.59. The number of amides is 2. The summed E-state index contributed by atoms with van der Waals surface area (Å²) >= 11 is 0. The Morgan fingerprint density at radius 3 is 2.78 bits per heavy atom. The second kappa shape index (κ2) is 9.19. The van der Waals surface area contributed by atoms with Crippen LogP contribution in [0.15, 0.2) is 24.4 Å². The van der Waals surface area contributed by atoms with Crippen LogP contribution in [0.4, 0.5) is 18.0 Å². The summed E-state index contributed by atoms with van der Waals surface area (Å²) in [6.07, 6.45) is -2.73. The summed E-state index contributed by atoms with van der Waals surface area (Å²) in [7, 11) is 0. The molecule has 0 aromatic carbocycles. The van der Waals surface area contributed by atoms with Gasteiger partial charge in [0.05, 0.1) is 6.04 Å². The third kappa shape index (κ3) is 6.42. The van der Waals surface area contributed by atoms with Gasteiger partial charge < -0.3 is 15.4 Å². The van der Waals surface area contributed by atoms with Crippen molar-refractivity contribution < 1.29 is 27.5 Å². The first-order chi connectivity index (χ1) is 12.8. The minimum absolute atomic E-state index is 0.113. The molecule has 2 heterocycles. The Bertz CT molecular complexity index is 778. The maximum Gasteiger partial charge on any atom is 0.422 e. The van der Waals surface area contributed by atoms with E-state index in [0.717, 1.165) is 6.42 Å². The van der Waals surface area contributed by atoms with Crippen molar-refractivity contribution in [1.82, 2.24) is 25.2 Å². The summed E-state index contributed by atoms with van der Waals surface area (Å²) in [5.74, 6) is 0.204. The number of aromatic nitrogens is 3. The maximum absolute atomic E-state index is 12.1. The summed E-state index contributed by atoms with van der Waals surface area (Å²) in [5, 5.41) is 13.1. The third-order valence-corrected chi connectivity index (χ3v) is 3.55. The van der Waals surface area contributed by atoms with Gasteiger partial charge in [0.15, 0.2) is 18.1 Å². The first kappa shape index (κ1) is 20.5. The van der Waals surface area contributed by atoms with Gasteiger partial charge in [0, 0.05) is 19.2 Å². The number of nitrogens with one attached hydrogen (secondary N) is 2. The van der Waals surface area contributed by atoms with Crippen LogP contribution in [-0.4, -0.2) is 45.9 Å². The second-order valence-electron chi connectivity index (χ2n) is 5.76. The van der Waals surface area contributed by atoms with Crippen LogP contribution in [0.5, 0.6) is 0 Å². The molecule has 2 aromatic rings. The Labute approximate surface area is 153 Å². The summed E-state index contributed by atoms with van der Waals surface area (Å²) in [6.45, 7) is 0.131. The standard InChI is InChI=1S/C16H20F3N5O3/c1-2-5-11(14-23-22-12-6-3-4-9-24(12)14)21-13(25)7-8-20-15(26)27-10-16(17,18)19/h3-4,6,9,11H,2,5,7-8,10H2,1H3,(H,20,26)(H,21,25)/t11-/m1/s1. The van der Waals surface area contributed by atoms with Crippen LogP contribution >= 0.6 is 0 Å². The molecule has 0 aliphatic rings. The molecule has 11 heteroatoms. The van der Waals surface area contributed by atoms with Gasteiger partial charge in [-0.05, 0) is 18.6 Å². The van der Waals surface area contributed by atoms with E-state index in [9.17, 15) is 22.8 Å². The van der Waals surface area contributed by atoms with Gasteiger partial charge in [-0.15, -0.1) is 10.2 Å². The molecular formula is C16H20F3N5O3. The van der Waals surface area contributed by atoms with E-state index in [1.807, 2.05) is 19.1 Å². The molecule has 0 saturated carbocycles. The number of fused-ring (bicyclic) bond motifs is 1. The van der Waals surface area contributed by atoms with E-state index in [4.69, 9.17) is 0 Å². The first-order valence-corrected chi connectivity index (χ1v) is 8.36. The van der Waals surface area contributed by atoms with Crippen molar-refractivity contribution in [1.29, 1.82) is 0 Å². The van der Waals surface area contributed by atoms with E-state index in [1.165, 1.54) is 0 Å². The Morgan fingerprint density at radius 2 is 2.07 bits per heavy atom. The molecule has 0 aliphatic carbocycles. The molecule has 0 fully saturated rings. The lowest BCUT2D eigenvalue weighted by atomic mass is 10.1. The number of hydrogen-bond acceptors (Lipinski definition) is 5. The molecule has 1 atom stereocenters. The zero-order valence-corrected chi connectivity index (χ0v) is 14.6. The van der Waals surface area contributed by atoms with Gasteiger partial charge >= 0.3 is 12.3 Å². The summed E-state index contributed by atoms with van der Waals surface area (Å²) in [5.41, 5.74) is 0.650. The fourth-order valence-corrected chi connectivity index (χ4v) is 2.40. The molecule has 148 valence electrons. The number of rotatable bonds is 8. The molecule has 0 saturated heterocycles. The smallest absolute Gasteiger partial charge is 0.422 e. The minimum Gasteiger partial charge on any atom is -0.440 e. The van der Waals surface area contributed by atoms with Gasteiger partial charge in [0.2, 0.25) is 5.91 Å². The molecule has 2 N–H and O–H groups in total. The Kier molecular flexibility index (Phi) is 6.97. The van der Waals surface area contributed by atoms with Crippen molar-refractivity contribution in [3.05, 3.63) is 30.2 Å². The van der Waals surface area contributed by atoms with E-state index in [1.54, 1.807) is 16.7 Å². The van der Waals surface area contributed by atoms with E-state index >= 15 is 0 Å². The average Bonchev–Trinajstić information content (AvgIpc) is 3.03. The molecule has 2 aromatic heterocycles. The van der Waals surface area contributed by atoms with Crippen molar-refractivity contribution in [2.45, 2.75) is 38.4 Å². The monoisotopic (exact) mass is 387 g/mol. The average molecular weight is 387 g/mol. The van der Waals surface area contributed by atoms with Gasteiger partial charge in [0.1, 0.15) is 0 Å². The predicted octanol–water partition coefficient (Wildman–Crippen LogP) is 2.37. The fourth-order valence-electron chi connectivity index (χ4n) is 2.40. The number of halogens is 3. The zero-order valence-electron chi connectivity index (χ0n) is 14.6. The molecule has 0 unspecified atom stereocenters. The van der Waals surface area contributed by atoms with Gasteiger partial charge in [-0.1, -0.05) is 19.4 Å². The molecule has 27 heavy (non-hydrogen) atoms. The van der Waals surface area contributed by atoms with E-state index in [0.29, 0.717) is 17.9 Å². The zero-order chi connectivity index (χ0) is 19.9. The normalized spacial score (nSPS) is 12.6. The van der Waals surface area contributed by atoms with Crippen LogP contribution in [0.2, 0.25) is 0 Å². The summed E-state index contributed by atoms with van der Waals surface area (Å²) in [6, 6.07) is 5.06. The lowest BCUT2D eigenvalue weighted by molar-refractivity contribution is -0.160. The highest BCUT2D eigenvalue weighted by Crippen LogP contribution is 2.18. The Morgan fingerprint density at radius 1 is 1.30 bits per heavy atom. The van der Waals surface area contributed by atoms with Crippen LogP contribution in [0, 0.1) is 0 Å². The third-order valence-electron chi connectivity index (χ3n) is 3.55. The molecular weight excluding hydrogens is 367 g/mol. The van der Waals surface area contributed by atoms with Crippen molar-refractivity contribution in [3.63, 3.8) is 0 Å². The topological polar surface area (TPSA) is 97.6 Å². The molecule has 2 amide bonds. The van der Waals surface area contributed by atoms with E-state index in [2.05, 4.69) is 25.6 Å². The number of carbonyl (C=O) groups is 2. The van der Waals surface area contributed by atoms with Crippen LogP contribution in [-0.2, 0) is 9.53 Å². The molecule has 0 spiro atoms. The summed E-state index contributed by atoms with van der Waals surface area (Å²) < 4.78 is 41.6. The van der Waals surface area contributed by atoms with Crippen LogP contribution in [0.1, 0.15) is 38.1 Å². The fraction of sp³-hybridized carbons (Fsp3) is 0.500. The molecule has 8 nitrogen and oxygen atoms in total. The Hall–Kier alpha value is -2.85. The second-order valence-corrected chi connectivity index (χ2v) is 5.76.